The summed E-state index contributed by atoms with van der Waals surface area (Å²) in [6, 6.07) is 5.54. The van der Waals surface area contributed by atoms with E-state index in [1.54, 1.807) is 6.07 Å². The standard InChI is InChI=1S/C13H17BN2O3/c1-12(2)13(3,4)19-14(18-12)8-5-6-9-10(7-8)15-16-11(9)17/h5-7H,1-4H3,(H2,15,16,17). The van der Waals surface area contributed by atoms with Crippen molar-refractivity contribution in [3.05, 3.63) is 28.6 Å². The third-order valence-corrected chi connectivity index (χ3v) is 4.12. The Morgan fingerprint density at radius 3 is 2.32 bits per heavy atom. The molecule has 1 saturated heterocycles. The number of fused-ring (bicyclic) bond motifs is 1. The molecule has 1 aliphatic heterocycles. The first-order valence-electron chi connectivity index (χ1n) is 6.36. The summed E-state index contributed by atoms with van der Waals surface area (Å²) in [5.41, 5.74) is 0.824. The molecule has 0 amide bonds. The van der Waals surface area contributed by atoms with E-state index in [1.165, 1.54) is 0 Å². The molecule has 0 saturated carbocycles. The molecule has 2 aromatic rings. The molecule has 3 rings (SSSR count). The number of aromatic nitrogens is 2. The van der Waals surface area contributed by atoms with Crippen LogP contribution >= 0.6 is 0 Å². The third kappa shape index (κ3) is 1.83. The van der Waals surface area contributed by atoms with Crippen LogP contribution in [0.1, 0.15) is 27.7 Å². The Balaban J connectivity index is 2.00. The van der Waals surface area contributed by atoms with Gasteiger partial charge < -0.3 is 9.31 Å². The lowest BCUT2D eigenvalue weighted by atomic mass is 9.79. The zero-order chi connectivity index (χ0) is 13.8. The highest BCUT2D eigenvalue weighted by Gasteiger charge is 2.51. The van der Waals surface area contributed by atoms with Gasteiger partial charge in [0.05, 0.1) is 22.1 Å². The van der Waals surface area contributed by atoms with Gasteiger partial charge in [0, 0.05) is 0 Å². The SMILES string of the molecule is CC1(C)OB(c2ccc3c(=O)[nH][nH]c3c2)OC1(C)C. The van der Waals surface area contributed by atoms with E-state index >= 15 is 0 Å². The van der Waals surface area contributed by atoms with Crippen molar-refractivity contribution in [1.82, 2.24) is 10.2 Å². The first kappa shape index (κ1) is 12.5. The van der Waals surface area contributed by atoms with E-state index in [4.69, 9.17) is 9.31 Å². The Labute approximate surface area is 111 Å². The predicted molar refractivity (Wildman–Crippen MR) is 74.6 cm³/mol. The van der Waals surface area contributed by atoms with Gasteiger partial charge in [-0.25, -0.2) is 0 Å². The Morgan fingerprint density at radius 2 is 1.68 bits per heavy atom. The Kier molecular flexibility index (Phi) is 2.46. The smallest absolute Gasteiger partial charge is 0.399 e. The lowest BCUT2D eigenvalue weighted by Crippen LogP contribution is -2.41. The van der Waals surface area contributed by atoms with Gasteiger partial charge in [-0.05, 0) is 45.3 Å². The van der Waals surface area contributed by atoms with Crippen LogP contribution in [0.2, 0.25) is 0 Å². The lowest BCUT2D eigenvalue weighted by Gasteiger charge is -2.32. The number of benzene rings is 1. The molecule has 0 atom stereocenters. The molecule has 0 spiro atoms. The van der Waals surface area contributed by atoms with Crippen molar-refractivity contribution in [2.75, 3.05) is 0 Å². The molecule has 5 nitrogen and oxygen atoms in total. The van der Waals surface area contributed by atoms with E-state index in [0.717, 1.165) is 11.0 Å². The first-order chi connectivity index (χ1) is 8.80. The van der Waals surface area contributed by atoms with Crippen LogP contribution in [0.25, 0.3) is 10.9 Å². The van der Waals surface area contributed by atoms with Crippen molar-refractivity contribution in [2.45, 2.75) is 38.9 Å². The highest BCUT2D eigenvalue weighted by Crippen LogP contribution is 2.36. The van der Waals surface area contributed by atoms with E-state index in [0.29, 0.717) is 5.39 Å². The highest BCUT2D eigenvalue weighted by molar-refractivity contribution is 6.62. The largest absolute Gasteiger partial charge is 0.494 e. The quantitative estimate of drug-likeness (QED) is 0.756. The van der Waals surface area contributed by atoms with Gasteiger partial charge in [-0.2, -0.15) is 0 Å². The van der Waals surface area contributed by atoms with Crippen LogP contribution in [-0.2, 0) is 9.31 Å². The van der Waals surface area contributed by atoms with Crippen LogP contribution in [0.15, 0.2) is 23.0 Å². The maximum atomic E-state index is 11.5. The lowest BCUT2D eigenvalue weighted by molar-refractivity contribution is 0.00578. The van der Waals surface area contributed by atoms with E-state index < -0.39 is 7.12 Å². The minimum atomic E-state index is -0.409. The first-order valence-corrected chi connectivity index (χ1v) is 6.36. The summed E-state index contributed by atoms with van der Waals surface area (Å²) in [6.07, 6.45) is 0. The molecule has 0 aliphatic carbocycles. The van der Waals surface area contributed by atoms with Gasteiger partial charge in [0.2, 0.25) is 0 Å². The van der Waals surface area contributed by atoms with Gasteiger partial charge in [0.25, 0.3) is 5.56 Å². The van der Waals surface area contributed by atoms with Crippen LogP contribution in [0.5, 0.6) is 0 Å². The second-order valence-electron chi connectivity index (χ2n) is 5.97. The van der Waals surface area contributed by atoms with Gasteiger partial charge in [-0.15, -0.1) is 0 Å². The normalized spacial score (nSPS) is 21.2. The van der Waals surface area contributed by atoms with E-state index in [1.807, 2.05) is 39.8 Å². The summed E-state index contributed by atoms with van der Waals surface area (Å²) in [5, 5.41) is 6.05. The molecular formula is C13H17BN2O3. The van der Waals surface area contributed by atoms with E-state index in [9.17, 15) is 4.79 Å². The fraction of sp³-hybridized carbons (Fsp3) is 0.462. The minimum absolute atomic E-state index is 0.115. The fourth-order valence-electron chi connectivity index (χ4n) is 2.18. The summed E-state index contributed by atoms with van der Waals surface area (Å²) in [5.74, 6) is 0. The van der Waals surface area contributed by atoms with Gasteiger partial charge in [-0.3, -0.25) is 15.0 Å². The number of hydrogen-bond acceptors (Lipinski definition) is 3. The monoisotopic (exact) mass is 260 g/mol. The molecule has 0 radical (unpaired) electrons. The molecule has 0 bridgehead atoms. The van der Waals surface area contributed by atoms with E-state index in [-0.39, 0.29) is 16.8 Å². The molecule has 1 aliphatic rings. The van der Waals surface area contributed by atoms with Crippen LogP contribution in [0, 0.1) is 0 Å². The molecule has 100 valence electrons. The van der Waals surface area contributed by atoms with Crippen LogP contribution in [-0.4, -0.2) is 28.5 Å². The van der Waals surface area contributed by atoms with Crippen LogP contribution < -0.4 is 11.0 Å². The summed E-state index contributed by atoms with van der Waals surface area (Å²) in [6.45, 7) is 8.07. The van der Waals surface area contributed by atoms with Crippen molar-refractivity contribution in [2.24, 2.45) is 0 Å². The van der Waals surface area contributed by atoms with Gasteiger partial charge >= 0.3 is 7.12 Å². The average Bonchev–Trinajstić information content (AvgIpc) is 2.78. The summed E-state index contributed by atoms with van der Waals surface area (Å²) < 4.78 is 12.0. The third-order valence-electron chi connectivity index (χ3n) is 4.12. The second-order valence-corrected chi connectivity index (χ2v) is 5.97. The predicted octanol–water partition coefficient (Wildman–Crippen LogP) is 1.16. The van der Waals surface area contributed by atoms with Gasteiger partial charge in [0.15, 0.2) is 0 Å². The number of rotatable bonds is 1. The summed E-state index contributed by atoms with van der Waals surface area (Å²) >= 11 is 0. The van der Waals surface area contributed by atoms with Crippen LogP contribution in [0.3, 0.4) is 0 Å². The Bertz CT molecular complexity index is 670. The van der Waals surface area contributed by atoms with Crippen molar-refractivity contribution >= 4 is 23.5 Å². The topological polar surface area (TPSA) is 67.1 Å². The summed E-state index contributed by atoms with van der Waals surface area (Å²) in [4.78, 5) is 11.5. The zero-order valence-corrected chi connectivity index (χ0v) is 11.5. The van der Waals surface area contributed by atoms with E-state index in [2.05, 4.69) is 10.2 Å². The number of hydrogen-bond donors (Lipinski definition) is 2. The molecule has 2 N–H and O–H groups in total. The second kappa shape index (κ2) is 3.74. The average molecular weight is 260 g/mol. The minimum Gasteiger partial charge on any atom is -0.399 e. The molecule has 1 aromatic carbocycles. The summed E-state index contributed by atoms with van der Waals surface area (Å²) in [7, 11) is -0.409. The van der Waals surface area contributed by atoms with Crippen molar-refractivity contribution in [1.29, 1.82) is 0 Å². The zero-order valence-electron chi connectivity index (χ0n) is 11.5. The number of H-pyrrole nitrogens is 2. The molecule has 2 heterocycles. The Hall–Kier alpha value is -1.53. The molecule has 0 unspecified atom stereocenters. The molecule has 1 fully saturated rings. The molecule has 19 heavy (non-hydrogen) atoms. The van der Waals surface area contributed by atoms with Gasteiger partial charge in [0.1, 0.15) is 0 Å². The molecular weight excluding hydrogens is 243 g/mol. The fourth-order valence-corrected chi connectivity index (χ4v) is 2.18. The van der Waals surface area contributed by atoms with Crippen molar-refractivity contribution in [3.63, 3.8) is 0 Å². The number of aromatic amines is 2. The van der Waals surface area contributed by atoms with Crippen LogP contribution in [0.4, 0.5) is 0 Å². The molecule has 6 heteroatoms. The van der Waals surface area contributed by atoms with Crippen molar-refractivity contribution < 1.29 is 9.31 Å². The Morgan fingerprint density at radius 1 is 1.05 bits per heavy atom. The molecule has 1 aromatic heterocycles. The maximum Gasteiger partial charge on any atom is 0.494 e. The maximum absolute atomic E-state index is 11.5. The van der Waals surface area contributed by atoms with Gasteiger partial charge in [-0.1, -0.05) is 6.07 Å². The van der Waals surface area contributed by atoms with Crippen molar-refractivity contribution in [3.8, 4) is 0 Å². The number of nitrogens with one attached hydrogen (secondary N) is 2. The highest BCUT2D eigenvalue weighted by atomic mass is 16.7.